The maximum atomic E-state index is 12.4. The van der Waals surface area contributed by atoms with Crippen molar-refractivity contribution in [2.75, 3.05) is 22.2 Å². The van der Waals surface area contributed by atoms with Gasteiger partial charge in [0.05, 0.1) is 5.69 Å². The molecule has 0 unspecified atom stereocenters. The number of primary amides is 1. The lowest BCUT2D eigenvalue weighted by atomic mass is 10.2. The summed E-state index contributed by atoms with van der Waals surface area (Å²) in [5.74, 6) is -0.734. The molecular formula is C18H18N6O3. The molecule has 9 heteroatoms. The van der Waals surface area contributed by atoms with Gasteiger partial charge < -0.3 is 16.4 Å². The van der Waals surface area contributed by atoms with Gasteiger partial charge in [-0.2, -0.15) is 0 Å². The number of aliphatic imine (C=N–C) groups is 1. The summed E-state index contributed by atoms with van der Waals surface area (Å²) in [6.45, 7) is 1.81. The van der Waals surface area contributed by atoms with Gasteiger partial charge in [0.15, 0.2) is 0 Å². The number of anilines is 3. The molecule has 0 aliphatic carbocycles. The van der Waals surface area contributed by atoms with Crippen LogP contribution in [0.2, 0.25) is 0 Å². The summed E-state index contributed by atoms with van der Waals surface area (Å²) in [6, 6.07) is 13.0. The molecule has 0 bridgehead atoms. The van der Waals surface area contributed by atoms with Gasteiger partial charge in [-0.1, -0.05) is 17.7 Å². The second-order valence-corrected chi connectivity index (χ2v) is 5.86. The number of rotatable bonds is 4. The molecule has 0 fully saturated rings. The van der Waals surface area contributed by atoms with Crippen LogP contribution < -0.4 is 26.8 Å². The number of nitrogens with zero attached hydrogens (tertiary/aromatic N) is 2. The molecule has 0 radical (unpaired) electrons. The Bertz CT molecular complexity index is 906. The second-order valence-electron chi connectivity index (χ2n) is 5.86. The fourth-order valence-electron chi connectivity index (χ4n) is 2.42. The molecule has 27 heavy (non-hydrogen) atoms. The number of nitrogens with one attached hydrogen (secondary N) is 3. The van der Waals surface area contributed by atoms with Crippen molar-refractivity contribution in [3.8, 4) is 0 Å². The van der Waals surface area contributed by atoms with Gasteiger partial charge in [-0.25, -0.2) is 9.80 Å². The van der Waals surface area contributed by atoms with Crippen LogP contribution in [0.15, 0.2) is 53.5 Å². The number of hydrogen-bond donors (Lipinski definition) is 4. The number of benzene rings is 2. The molecule has 0 atom stereocenters. The fraction of sp³-hybridized carbons (Fsp3) is 0.111. The lowest BCUT2D eigenvalue weighted by Crippen LogP contribution is -2.54. The third kappa shape index (κ3) is 4.40. The number of hydrazine groups is 1. The van der Waals surface area contributed by atoms with E-state index in [1.54, 1.807) is 36.4 Å². The SMILES string of the molecule is Cc1ccc(N2NC(C(=O)Nc3ccc(NC(N)=O)cc3)=NCC2=O)cc1. The Morgan fingerprint density at radius 3 is 2.22 bits per heavy atom. The number of carbonyl (C=O) groups excluding carboxylic acids is 3. The van der Waals surface area contributed by atoms with E-state index in [0.717, 1.165) is 5.56 Å². The average molecular weight is 366 g/mol. The fourth-order valence-corrected chi connectivity index (χ4v) is 2.42. The molecule has 1 heterocycles. The van der Waals surface area contributed by atoms with Crippen molar-refractivity contribution in [1.82, 2.24) is 5.43 Å². The van der Waals surface area contributed by atoms with Crippen molar-refractivity contribution in [2.45, 2.75) is 6.92 Å². The second kappa shape index (κ2) is 7.56. The molecule has 1 aliphatic rings. The minimum atomic E-state index is -0.673. The standard InChI is InChI=1S/C18H18N6O3/c1-11-2-8-14(9-3-11)24-15(25)10-20-16(23-24)17(26)21-12-4-6-13(7-5-12)22-18(19)27/h2-9H,10H2,1H3,(H,20,23)(H,21,26)(H3,19,22,27). The van der Waals surface area contributed by atoms with E-state index >= 15 is 0 Å². The predicted octanol–water partition coefficient (Wildman–Crippen LogP) is 1.37. The van der Waals surface area contributed by atoms with Gasteiger partial charge in [0.2, 0.25) is 5.84 Å². The Balaban J connectivity index is 1.68. The maximum absolute atomic E-state index is 12.4. The van der Waals surface area contributed by atoms with Crippen LogP contribution in [0, 0.1) is 6.92 Å². The van der Waals surface area contributed by atoms with Crippen LogP contribution in [0.5, 0.6) is 0 Å². The molecule has 5 N–H and O–H groups in total. The van der Waals surface area contributed by atoms with Gasteiger partial charge in [-0.3, -0.25) is 20.0 Å². The van der Waals surface area contributed by atoms with Gasteiger partial charge >= 0.3 is 6.03 Å². The molecule has 2 aromatic rings. The minimum absolute atomic E-state index is 0.0227. The highest BCUT2D eigenvalue weighted by atomic mass is 16.2. The molecule has 1 aliphatic heterocycles. The number of hydrogen-bond acceptors (Lipinski definition) is 5. The Morgan fingerprint density at radius 2 is 1.63 bits per heavy atom. The molecule has 0 saturated carbocycles. The van der Waals surface area contributed by atoms with Crippen LogP contribution in [0.3, 0.4) is 0 Å². The smallest absolute Gasteiger partial charge is 0.316 e. The van der Waals surface area contributed by atoms with Crippen LogP contribution in [0.25, 0.3) is 0 Å². The summed E-state index contributed by atoms with van der Waals surface area (Å²) >= 11 is 0. The molecular weight excluding hydrogens is 348 g/mol. The van der Waals surface area contributed by atoms with E-state index < -0.39 is 11.9 Å². The predicted molar refractivity (Wildman–Crippen MR) is 102 cm³/mol. The number of nitrogens with two attached hydrogens (primary N) is 1. The summed E-state index contributed by atoms with van der Waals surface area (Å²) in [4.78, 5) is 39.3. The molecule has 0 saturated heterocycles. The van der Waals surface area contributed by atoms with E-state index in [4.69, 9.17) is 5.73 Å². The van der Waals surface area contributed by atoms with E-state index in [1.165, 1.54) is 5.01 Å². The van der Waals surface area contributed by atoms with Crippen molar-refractivity contribution < 1.29 is 14.4 Å². The van der Waals surface area contributed by atoms with Crippen molar-refractivity contribution in [1.29, 1.82) is 0 Å². The summed E-state index contributed by atoms with van der Waals surface area (Å²) in [7, 11) is 0. The summed E-state index contributed by atoms with van der Waals surface area (Å²) in [5, 5.41) is 6.39. The Hall–Kier alpha value is -3.88. The lowest BCUT2D eigenvalue weighted by molar-refractivity contribution is -0.118. The van der Waals surface area contributed by atoms with Crippen molar-refractivity contribution in [3.63, 3.8) is 0 Å². The van der Waals surface area contributed by atoms with Crippen LogP contribution in [-0.4, -0.2) is 30.2 Å². The first-order valence-electron chi connectivity index (χ1n) is 8.11. The zero-order valence-corrected chi connectivity index (χ0v) is 14.5. The first-order valence-corrected chi connectivity index (χ1v) is 8.11. The number of aryl methyl sites for hydroxylation is 1. The van der Waals surface area contributed by atoms with Crippen molar-refractivity contribution in [2.24, 2.45) is 10.7 Å². The summed E-state index contributed by atoms with van der Waals surface area (Å²) in [6.07, 6.45) is 0. The van der Waals surface area contributed by atoms with Crippen LogP contribution in [0.1, 0.15) is 5.56 Å². The Labute approximate surface area is 155 Å². The minimum Gasteiger partial charge on any atom is -0.351 e. The first kappa shape index (κ1) is 17.9. The number of amides is 4. The number of amidine groups is 1. The average Bonchev–Trinajstić information content (AvgIpc) is 2.64. The number of carbonyl (C=O) groups is 3. The third-order valence-electron chi connectivity index (χ3n) is 3.76. The highest BCUT2D eigenvalue weighted by Gasteiger charge is 2.25. The molecule has 3 rings (SSSR count). The molecule has 0 spiro atoms. The van der Waals surface area contributed by atoms with Gasteiger partial charge in [0.1, 0.15) is 6.54 Å². The van der Waals surface area contributed by atoms with Crippen molar-refractivity contribution >= 4 is 40.7 Å². The normalized spacial score (nSPS) is 13.4. The molecule has 138 valence electrons. The van der Waals surface area contributed by atoms with Crippen LogP contribution >= 0.6 is 0 Å². The molecule has 4 amide bonds. The summed E-state index contributed by atoms with van der Waals surface area (Å²) in [5.41, 5.74) is 10.5. The van der Waals surface area contributed by atoms with E-state index in [9.17, 15) is 14.4 Å². The summed E-state index contributed by atoms with van der Waals surface area (Å²) < 4.78 is 0. The highest BCUT2D eigenvalue weighted by Crippen LogP contribution is 2.16. The van der Waals surface area contributed by atoms with E-state index in [0.29, 0.717) is 17.1 Å². The molecule has 0 aromatic heterocycles. The Kier molecular flexibility index (Phi) is 5.02. The quantitative estimate of drug-likeness (QED) is 0.651. The van der Waals surface area contributed by atoms with Gasteiger partial charge in [-0.15, -0.1) is 0 Å². The number of urea groups is 1. The lowest BCUT2D eigenvalue weighted by Gasteiger charge is -2.27. The molecule has 9 nitrogen and oxygen atoms in total. The maximum Gasteiger partial charge on any atom is 0.316 e. The van der Waals surface area contributed by atoms with Gasteiger partial charge in [0.25, 0.3) is 11.8 Å². The monoisotopic (exact) mass is 366 g/mol. The zero-order valence-electron chi connectivity index (χ0n) is 14.5. The first-order chi connectivity index (χ1) is 12.9. The zero-order chi connectivity index (χ0) is 19.4. The van der Waals surface area contributed by atoms with Crippen molar-refractivity contribution in [3.05, 3.63) is 54.1 Å². The van der Waals surface area contributed by atoms with Crippen LogP contribution in [-0.2, 0) is 9.59 Å². The third-order valence-corrected chi connectivity index (χ3v) is 3.76. The highest BCUT2D eigenvalue weighted by molar-refractivity contribution is 6.43. The van der Waals surface area contributed by atoms with E-state index in [2.05, 4.69) is 21.1 Å². The van der Waals surface area contributed by atoms with Crippen LogP contribution in [0.4, 0.5) is 21.9 Å². The molecule has 2 aromatic carbocycles. The topological polar surface area (TPSA) is 129 Å². The largest absolute Gasteiger partial charge is 0.351 e. The van der Waals surface area contributed by atoms with E-state index in [1.807, 2.05) is 19.1 Å². The Morgan fingerprint density at radius 1 is 1.04 bits per heavy atom. The van der Waals surface area contributed by atoms with Gasteiger partial charge in [0, 0.05) is 11.4 Å². The van der Waals surface area contributed by atoms with E-state index in [-0.39, 0.29) is 18.3 Å². The van der Waals surface area contributed by atoms with Gasteiger partial charge in [-0.05, 0) is 43.3 Å².